The molecule has 200 valence electrons. The van der Waals surface area contributed by atoms with Crippen LogP contribution in [-0.4, -0.2) is 44.8 Å². The third-order valence-corrected chi connectivity index (χ3v) is 7.15. The average Bonchev–Trinajstić information content (AvgIpc) is 3.40. The normalized spacial score (nSPS) is 15.3. The minimum Gasteiger partial charge on any atom is -0.406 e. The summed E-state index contributed by atoms with van der Waals surface area (Å²) in [4.78, 5) is 6.43. The number of thioether (sulfide) groups is 1. The Labute approximate surface area is 232 Å². The molecule has 0 spiro atoms. The molecular formula is C27H22ClF3N6OS. The maximum absolute atomic E-state index is 12.4. The summed E-state index contributed by atoms with van der Waals surface area (Å²) >= 11 is 8.14. The fourth-order valence-electron chi connectivity index (χ4n) is 4.00. The van der Waals surface area contributed by atoms with Gasteiger partial charge in [-0.1, -0.05) is 59.8 Å². The van der Waals surface area contributed by atoms with Crippen LogP contribution in [0.5, 0.6) is 5.75 Å². The van der Waals surface area contributed by atoms with E-state index in [1.807, 2.05) is 49.4 Å². The van der Waals surface area contributed by atoms with E-state index in [-0.39, 0.29) is 5.75 Å². The van der Waals surface area contributed by atoms with Gasteiger partial charge in [-0.2, -0.15) is 5.10 Å². The molecule has 0 aliphatic carbocycles. The summed E-state index contributed by atoms with van der Waals surface area (Å²) in [6.07, 6.45) is -0.535. The van der Waals surface area contributed by atoms with E-state index in [4.69, 9.17) is 11.6 Å². The van der Waals surface area contributed by atoms with Crippen LogP contribution in [0.15, 0.2) is 83.3 Å². The van der Waals surface area contributed by atoms with E-state index in [0.717, 1.165) is 46.3 Å². The summed E-state index contributed by atoms with van der Waals surface area (Å²) in [5.74, 6) is 1.13. The molecule has 0 amide bonds. The van der Waals surface area contributed by atoms with Gasteiger partial charge >= 0.3 is 6.36 Å². The predicted molar refractivity (Wildman–Crippen MR) is 149 cm³/mol. The van der Waals surface area contributed by atoms with Crippen LogP contribution in [0.2, 0.25) is 5.02 Å². The first-order chi connectivity index (χ1) is 18.8. The van der Waals surface area contributed by atoms with Crippen LogP contribution in [-0.2, 0) is 0 Å². The van der Waals surface area contributed by atoms with E-state index in [9.17, 15) is 13.2 Å². The SMILES string of the molecule is Cc1cccc(Cl)c1N1CCCS/C1=N\N=C\c1ccc(-c2ncn(-c3ccc(OC(F)(F)F)cc3)n2)cc1. The fraction of sp³-hybridized carbons (Fsp3) is 0.185. The van der Waals surface area contributed by atoms with E-state index in [2.05, 4.69) is 29.9 Å². The number of alkyl halides is 3. The first-order valence-corrected chi connectivity index (χ1v) is 13.3. The fourth-order valence-corrected chi connectivity index (χ4v) is 5.22. The van der Waals surface area contributed by atoms with Crippen molar-refractivity contribution in [1.29, 1.82) is 0 Å². The van der Waals surface area contributed by atoms with Gasteiger partial charge in [0.05, 0.1) is 22.6 Å². The van der Waals surface area contributed by atoms with Crippen LogP contribution in [0.25, 0.3) is 17.1 Å². The summed E-state index contributed by atoms with van der Waals surface area (Å²) in [7, 11) is 0. The van der Waals surface area contributed by atoms with Crippen LogP contribution in [0.3, 0.4) is 0 Å². The summed E-state index contributed by atoms with van der Waals surface area (Å²) in [5, 5.41) is 14.7. The molecule has 0 radical (unpaired) electrons. The second kappa shape index (κ2) is 11.5. The Balaban J connectivity index is 1.27. The van der Waals surface area contributed by atoms with E-state index in [0.29, 0.717) is 16.5 Å². The lowest BCUT2D eigenvalue weighted by Gasteiger charge is -2.30. The largest absolute Gasteiger partial charge is 0.573 e. The summed E-state index contributed by atoms with van der Waals surface area (Å²) in [6, 6.07) is 18.7. The number of anilines is 1. The van der Waals surface area contributed by atoms with Gasteiger partial charge in [0.15, 0.2) is 11.0 Å². The lowest BCUT2D eigenvalue weighted by atomic mass is 10.1. The average molecular weight is 571 g/mol. The van der Waals surface area contributed by atoms with E-state index >= 15 is 0 Å². The molecule has 1 aliphatic heterocycles. The Morgan fingerprint density at radius 2 is 1.82 bits per heavy atom. The number of halogens is 4. The maximum Gasteiger partial charge on any atom is 0.573 e. The number of rotatable bonds is 6. The van der Waals surface area contributed by atoms with Gasteiger partial charge < -0.3 is 9.64 Å². The summed E-state index contributed by atoms with van der Waals surface area (Å²) < 4.78 is 42.5. The van der Waals surface area contributed by atoms with Gasteiger partial charge in [-0.3, -0.25) is 0 Å². The maximum atomic E-state index is 12.4. The number of benzene rings is 3. The standard InChI is InChI=1S/C27H22ClF3N6OS/c1-18-4-2-5-23(28)24(18)36-14-3-15-39-26(36)34-33-16-19-6-8-20(9-7-19)25-32-17-37(35-25)21-10-12-22(13-11-21)38-27(29,30)31/h2,4-13,16-17H,3,14-15H2,1H3/b33-16+,34-26-. The Bertz CT molecular complexity index is 1480. The highest BCUT2D eigenvalue weighted by molar-refractivity contribution is 8.14. The second-order valence-electron chi connectivity index (χ2n) is 8.56. The van der Waals surface area contributed by atoms with Crippen molar-refractivity contribution in [1.82, 2.24) is 14.8 Å². The number of amidine groups is 1. The number of ether oxygens (including phenoxy) is 1. The minimum absolute atomic E-state index is 0.303. The Morgan fingerprint density at radius 1 is 1.05 bits per heavy atom. The second-order valence-corrected chi connectivity index (χ2v) is 10.0. The number of para-hydroxylation sites is 1. The molecule has 0 N–H and O–H groups in total. The zero-order valence-corrected chi connectivity index (χ0v) is 22.2. The van der Waals surface area contributed by atoms with Crippen molar-refractivity contribution in [3.63, 3.8) is 0 Å². The highest BCUT2D eigenvalue weighted by Crippen LogP contribution is 2.34. The van der Waals surface area contributed by atoms with Crippen molar-refractivity contribution in [2.24, 2.45) is 10.2 Å². The van der Waals surface area contributed by atoms with E-state index < -0.39 is 6.36 Å². The zero-order valence-electron chi connectivity index (χ0n) is 20.6. The molecule has 1 aliphatic rings. The Hall–Kier alpha value is -3.83. The van der Waals surface area contributed by atoms with E-state index in [1.54, 1.807) is 18.0 Å². The molecule has 0 bridgehead atoms. The molecule has 0 atom stereocenters. The number of aryl methyl sites for hydroxylation is 1. The quantitative estimate of drug-likeness (QED) is 0.182. The van der Waals surface area contributed by atoms with Gasteiger partial charge in [-0.25, -0.2) is 9.67 Å². The van der Waals surface area contributed by atoms with Crippen LogP contribution in [0, 0.1) is 6.92 Å². The highest BCUT2D eigenvalue weighted by Gasteiger charge is 2.31. The molecule has 39 heavy (non-hydrogen) atoms. The number of aromatic nitrogens is 3. The molecule has 4 aromatic rings. The number of hydrogen-bond acceptors (Lipinski definition) is 6. The van der Waals surface area contributed by atoms with Gasteiger partial charge in [0.2, 0.25) is 0 Å². The molecule has 1 saturated heterocycles. The molecule has 12 heteroatoms. The molecular weight excluding hydrogens is 549 g/mol. The van der Waals surface area contributed by atoms with Gasteiger partial charge in [-0.05, 0) is 54.8 Å². The van der Waals surface area contributed by atoms with Crippen LogP contribution in [0.1, 0.15) is 17.5 Å². The summed E-state index contributed by atoms with van der Waals surface area (Å²) in [6.45, 7) is 2.86. The smallest absolute Gasteiger partial charge is 0.406 e. The molecule has 1 fully saturated rings. The van der Waals surface area contributed by atoms with Crippen molar-refractivity contribution in [2.45, 2.75) is 19.7 Å². The predicted octanol–water partition coefficient (Wildman–Crippen LogP) is 7.13. The van der Waals surface area contributed by atoms with Crippen molar-refractivity contribution in [2.75, 3.05) is 17.2 Å². The molecule has 1 aromatic heterocycles. The molecule has 0 saturated carbocycles. The minimum atomic E-state index is -4.74. The Kier molecular flexibility index (Phi) is 7.89. The molecule has 2 heterocycles. The molecule has 7 nitrogen and oxygen atoms in total. The van der Waals surface area contributed by atoms with Gasteiger partial charge in [-0.15, -0.1) is 23.4 Å². The Morgan fingerprint density at radius 3 is 2.54 bits per heavy atom. The van der Waals surface area contributed by atoms with Gasteiger partial charge in [0.25, 0.3) is 0 Å². The van der Waals surface area contributed by atoms with Crippen molar-refractivity contribution in [3.05, 3.63) is 89.2 Å². The molecule has 3 aromatic carbocycles. The third-order valence-electron chi connectivity index (χ3n) is 5.79. The molecule has 5 rings (SSSR count). The topological polar surface area (TPSA) is 67.9 Å². The van der Waals surface area contributed by atoms with Crippen LogP contribution < -0.4 is 9.64 Å². The lowest BCUT2D eigenvalue weighted by Crippen LogP contribution is -2.34. The van der Waals surface area contributed by atoms with Crippen molar-refractivity contribution in [3.8, 4) is 22.8 Å². The first-order valence-electron chi connectivity index (χ1n) is 11.9. The van der Waals surface area contributed by atoms with Crippen LogP contribution in [0.4, 0.5) is 18.9 Å². The monoisotopic (exact) mass is 570 g/mol. The summed E-state index contributed by atoms with van der Waals surface area (Å²) in [5.41, 5.74) is 4.22. The lowest BCUT2D eigenvalue weighted by molar-refractivity contribution is -0.274. The zero-order chi connectivity index (χ0) is 27.4. The van der Waals surface area contributed by atoms with Crippen LogP contribution >= 0.6 is 23.4 Å². The highest BCUT2D eigenvalue weighted by atomic mass is 35.5. The third kappa shape index (κ3) is 6.61. The van der Waals surface area contributed by atoms with Crippen molar-refractivity contribution < 1.29 is 17.9 Å². The first kappa shape index (κ1) is 26.8. The number of hydrogen-bond donors (Lipinski definition) is 0. The van der Waals surface area contributed by atoms with E-state index in [1.165, 1.54) is 35.3 Å². The number of nitrogens with zero attached hydrogens (tertiary/aromatic N) is 6. The molecule has 0 unspecified atom stereocenters. The van der Waals surface area contributed by atoms with Gasteiger partial charge in [0.1, 0.15) is 12.1 Å². The van der Waals surface area contributed by atoms with Crippen molar-refractivity contribution >= 4 is 40.4 Å². The van der Waals surface area contributed by atoms with Gasteiger partial charge in [0, 0.05) is 17.9 Å².